The Morgan fingerprint density at radius 3 is 2.30 bits per heavy atom. The monoisotopic (exact) mass is 465 g/mol. The molecule has 1 heterocycles. The van der Waals surface area contributed by atoms with Crippen molar-refractivity contribution < 1.29 is 26.9 Å². The molecule has 0 fully saturated rings. The molecule has 6 nitrogen and oxygen atoms in total. The molecule has 1 aromatic heterocycles. The summed E-state index contributed by atoms with van der Waals surface area (Å²) in [5.74, 6) is -1.18. The van der Waals surface area contributed by atoms with Crippen LogP contribution in [0.4, 0.5) is 4.39 Å². The van der Waals surface area contributed by atoms with Gasteiger partial charge in [0.15, 0.2) is 15.6 Å². The Hall–Kier alpha value is -3.78. The molecule has 0 aliphatic carbocycles. The van der Waals surface area contributed by atoms with Gasteiger partial charge in [0.25, 0.3) is 0 Å². The Balaban J connectivity index is 1.79. The van der Waals surface area contributed by atoms with E-state index in [2.05, 4.69) is 9.89 Å². The number of esters is 1. The number of carbonyl (C=O) groups is 1. The van der Waals surface area contributed by atoms with Crippen LogP contribution in [0.15, 0.2) is 76.1 Å². The lowest BCUT2D eigenvalue weighted by Gasteiger charge is -2.14. The molecule has 0 saturated carbocycles. The predicted molar refractivity (Wildman–Crippen MR) is 122 cm³/mol. The molecule has 0 saturated heterocycles. The molecular weight excluding hydrogens is 445 g/mol. The van der Waals surface area contributed by atoms with Crippen molar-refractivity contribution in [3.63, 3.8) is 0 Å². The van der Waals surface area contributed by atoms with Crippen molar-refractivity contribution in [1.29, 1.82) is 0 Å². The fourth-order valence-electron chi connectivity index (χ4n) is 3.77. The van der Waals surface area contributed by atoms with Crippen molar-refractivity contribution >= 4 is 15.8 Å². The lowest BCUT2D eigenvalue weighted by molar-refractivity contribution is 0.0595. The number of nitrogens with zero attached hydrogens (tertiary/aromatic N) is 1. The van der Waals surface area contributed by atoms with Gasteiger partial charge >= 0.3 is 5.97 Å². The van der Waals surface area contributed by atoms with E-state index < -0.39 is 21.6 Å². The third-order valence-corrected chi connectivity index (χ3v) is 6.57. The van der Waals surface area contributed by atoms with Gasteiger partial charge in [-0.3, -0.25) is 0 Å². The summed E-state index contributed by atoms with van der Waals surface area (Å²) in [6.45, 7) is 1.71. The summed E-state index contributed by atoms with van der Waals surface area (Å²) < 4.78 is 49.7. The summed E-state index contributed by atoms with van der Waals surface area (Å²) in [4.78, 5) is 11.8. The number of ether oxygens (including phenoxy) is 1. The topological polar surface area (TPSA) is 86.5 Å². The highest BCUT2D eigenvalue weighted by Crippen LogP contribution is 2.37. The van der Waals surface area contributed by atoms with E-state index in [9.17, 15) is 17.6 Å². The molecule has 0 bridgehead atoms. The first kappa shape index (κ1) is 22.4. The van der Waals surface area contributed by atoms with E-state index >= 15 is 0 Å². The van der Waals surface area contributed by atoms with Crippen LogP contribution < -0.4 is 0 Å². The largest absolute Gasteiger partial charge is 0.465 e. The average molecular weight is 466 g/mol. The molecule has 0 radical (unpaired) electrons. The van der Waals surface area contributed by atoms with E-state index in [1.54, 1.807) is 25.1 Å². The summed E-state index contributed by atoms with van der Waals surface area (Å²) >= 11 is 0. The van der Waals surface area contributed by atoms with Crippen LogP contribution in [0, 0.1) is 12.7 Å². The van der Waals surface area contributed by atoms with Gasteiger partial charge in [-0.1, -0.05) is 53.7 Å². The zero-order valence-electron chi connectivity index (χ0n) is 18.1. The second kappa shape index (κ2) is 8.63. The first-order valence-corrected chi connectivity index (χ1v) is 11.8. The van der Waals surface area contributed by atoms with Gasteiger partial charge in [0.1, 0.15) is 11.5 Å². The number of benzene rings is 3. The van der Waals surface area contributed by atoms with Crippen molar-refractivity contribution in [3.8, 4) is 33.7 Å². The second-order valence-electron chi connectivity index (χ2n) is 7.52. The first-order valence-electron chi connectivity index (χ1n) is 9.95. The molecule has 0 N–H and O–H groups in total. The van der Waals surface area contributed by atoms with Gasteiger partial charge in [-0.25, -0.2) is 17.6 Å². The zero-order valence-corrected chi connectivity index (χ0v) is 18.9. The van der Waals surface area contributed by atoms with Crippen molar-refractivity contribution in [3.05, 3.63) is 83.7 Å². The number of halogens is 1. The normalized spacial score (nSPS) is 11.4. The predicted octanol–water partition coefficient (Wildman–Crippen LogP) is 5.31. The first-order chi connectivity index (χ1) is 15.7. The minimum absolute atomic E-state index is 0.185. The van der Waals surface area contributed by atoms with Crippen LogP contribution in [0.2, 0.25) is 0 Å². The van der Waals surface area contributed by atoms with Gasteiger partial charge < -0.3 is 9.26 Å². The fourth-order valence-corrected chi connectivity index (χ4v) is 5.02. The Morgan fingerprint density at radius 1 is 0.970 bits per heavy atom. The molecule has 4 aromatic rings. The van der Waals surface area contributed by atoms with E-state index in [0.717, 1.165) is 5.56 Å². The molecule has 4 rings (SSSR count). The molecule has 0 aliphatic heterocycles. The lowest BCUT2D eigenvalue weighted by atomic mass is 9.98. The average Bonchev–Trinajstić information content (AvgIpc) is 3.28. The van der Waals surface area contributed by atoms with E-state index in [0.29, 0.717) is 33.7 Å². The summed E-state index contributed by atoms with van der Waals surface area (Å²) in [6.07, 6.45) is 1.17. The highest BCUT2D eigenvalue weighted by Gasteiger charge is 2.23. The number of carbonyl (C=O) groups excluding carboxylic acids is 1. The van der Waals surface area contributed by atoms with E-state index in [-0.39, 0.29) is 10.5 Å². The summed E-state index contributed by atoms with van der Waals surface area (Å²) in [5.41, 5.74) is 3.01. The molecule has 33 heavy (non-hydrogen) atoms. The molecule has 0 aliphatic rings. The van der Waals surface area contributed by atoms with Gasteiger partial charge in [-0.05, 0) is 30.2 Å². The lowest BCUT2D eigenvalue weighted by Crippen LogP contribution is -2.04. The van der Waals surface area contributed by atoms with Crippen LogP contribution in [0.25, 0.3) is 33.7 Å². The maximum absolute atomic E-state index is 14.3. The standard InChI is InChI=1S/C25H20FNO5S/c1-15-18(11-12-19(24(15)33(3,29)30)16-7-5-4-6-8-16)23-14-22(27-32-23)17-9-10-20(21(26)13-17)25(28)31-2/h4-14H,1-3H3. The smallest absolute Gasteiger partial charge is 0.340 e. The number of aromatic nitrogens is 1. The highest BCUT2D eigenvalue weighted by atomic mass is 32.2. The quantitative estimate of drug-likeness (QED) is 0.371. The molecule has 0 amide bonds. The summed E-state index contributed by atoms with van der Waals surface area (Å²) in [6, 6.07) is 18.4. The summed E-state index contributed by atoms with van der Waals surface area (Å²) in [7, 11) is -2.39. The molecule has 0 atom stereocenters. The van der Waals surface area contributed by atoms with Crippen molar-refractivity contribution in [2.24, 2.45) is 0 Å². The SMILES string of the molecule is COC(=O)c1ccc(-c2cc(-c3ccc(-c4ccccc4)c(S(C)(=O)=O)c3C)on2)cc1F. The van der Waals surface area contributed by atoms with Crippen LogP contribution in [-0.2, 0) is 14.6 Å². The van der Waals surface area contributed by atoms with E-state index in [4.69, 9.17) is 4.52 Å². The number of hydrogen-bond acceptors (Lipinski definition) is 6. The number of hydrogen-bond donors (Lipinski definition) is 0. The van der Waals surface area contributed by atoms with E-state index in [1.165, 1.54) is 31.6 Å². The third kappa shape index (κ3) is 4.29. The van der Waals surface area contributed by atoms with Crippen LogP contribution in [0.1, 0.15) is 15.9 Å². The van der Waals surface area contributed by atoms with Gasteiger partial charge in [0.05, 0.1) is 17.6 Å². The Morgan fingerprint density at radius 2 is 1.67 bits per heavy atom. The van der Waals surface area contributed by atoms with Crippen LogP contribution in [0.5, 0.6) is 0 Å². The highest BCUT2D eigenvalue weighted by molar-refractivity contribution is 7.91. The molecule has 0 spiro atoms. The van der Waals surface area contributed by atoms with Gasteiger partial charge in [0, 0.05) is 29.0 Å². The number of methoxy groups -OCH3 is 1. The Bertz CT molecular complexity index is 1460. The zero-order chi connectivity index (χ0) is 23.8. The van der Waals surface area contributed by atoms with Crippen molar-refractivity contribution in [2.75, 3.05) is 13.4 Å². The van der Waals surface area contributed by atoms with Gasteiger partial charge in [0.2, 0.25) is 0 Å². The molecule has 3 aromatic carbocycles. The Kier molecular flexibility index (Phi) is 5.86. The molecule has 8 heteroatoms. The molecular formula is C25H20FNO5S. The van der Waals surface area contributed by atoms with Crippen LogP contribution in [0.3, 0.4) is 0 Å². The molecule has 168 valence electrons. The van der Waals surface area contributed by atoms with Crippen LogP contribution in [-0.4, -0.2) is 32.9 Å². The maximum Gasteiger partial charge on any atom is 0.340 e. The number of rotatable bonds is 5. The maximum atomic E-state index is 14.3. The molecule has 0 unspecified atom stereocenters. The Labute approximate surface area is 190 Å². The van der Waals surface area contributed by atoms with Crippen LogP contribution >= 0.6 is 0 Å². The fraction of sp³-hybridized carbons (Fsp3) is 0.120. The van der Waals surface area contributed by atoms with Gasteiger partial charge in [-0.15, -0.1) is 0 Å². The third-order valence-electron chi connectivity index (χ3n) is 5.31. The van der Waals surface area contributed by atoms with Crippen molar-refractivity contribution in [2.45, 2.75) is 11.8 Å². The van der Waals surface area contributed by atoms with Crippen molar-refractivity contribution in [1.82, 2.24) is 5.16 Å². The summed E-state index contributed by atoms with van der Waals surface area (Å²) in [5, 5.41) is 4.00. The minimum Gasteiger partial charge on any atom is -0.465 e. The van der Waals surface area contributed by atoms with Gasteiger partial charge in [-0.2, -0.15) is 0 Å². The number of sulfone groups is 1. The van der Waals surface area contributed by atoms with E-state index in [1.807, 2.05) is 30.3 Å². The minimum atomic E-state index is -3.56. The second-order valence-corrected chi connectivity index (χ2v) is 9.47.